The molecule has 2 nitrogen and oxygen atoms in total. The van der Waals surface area contributed by atoms with Crippen LogP contribution in [0, 0.1) is 35.5 Å². The van der Waals surface area contributed by atoms with Crippen molar-refractivity contribution in [3.8, 4) is 0 Å². The monoisotopic (exact) mass is 312 g/mol. The minimum atomic E-state index is 0.441. The van der Waals surface area contributed by atoms with Crippen LogP contribution in [0.15, 0.2) is 0 Å². The maximum absolute atomic E-state index is 5.78. The summed E-state index contributed by atoms with van der Waals surface area (Å²) in [5, 5.41) is 0. The zero-order valence-electron chi connectivity index (χ0n) is 16.6. The van der Waals surface area contributed by atoms with Crippen LogP contribution in [-0.2, 0) is 9.47 Å². The van der Waals surface area contributed by atoms with Gasteiger partial charge in [-0.15, -0.1) is 0 Å². The van der Waals surface area contributed by atoms with Crippen molar-refractivity contribution in [1.82, 2.24) is 0 Å². The van der Waals surface area contributed by atoms with Gasteiger partial charge in [0.25, 0.3) is 0 Å². The summed E-state index contributed by atoms with van der Waals surface area (Å²) < 4.78 is 11.6. The van der Waals surface area contributed by atoms with Gasteiger partial charge in [-0.3, -0.25) is 0 Å². The number of hydrogen-bond acceptors (Lipinski definition) is 2. The molecule has 6 unspecified atom stereocenters. The molecule has 2 aliphatic heterocycles. The van der Waals surface area contributed by atoms with Crippen molar-refractivity contribution < 1.29 is 9.47 Å². The predicted octanol–water partition coefficient (Wildman–Crippen LogP) is 5.40. The van der Waals surface area contributed by atoms with Gasteiger partial charge in [0.15, 0.2) is 0 Å². The Labute approximate surface area is 139 Å². The molecule has 2 aliphatic rings. The summed E-state index contributed by atoms with van der Waals surface area (Å²) >= 11 is 0. The zero-order chi connectivity index (χ0) is 17.2. The van der Waals surface area contributed by atoms with Gasteiger partial charge in [-0.25, -0.2) is 0 Å². The van der Waals surface area contributed by atoms with Crippen molar-refractivity contribution in [3.05, 3.63) is 0 Å². The minimum absolute atomic E-state index is 0.441. The first kappa shape index (κ1) is 20.0. The Kier molecular flexibility index (Phi) is 7.39. The van der Waals surface area contributed by atoms with E-state index in [4.69, 9.17) is 9.47 Å². The van der Waals surface area contributed by atoms with E-state index in [2.05, 4.69) is 69.2 Å². The normalized spacial score (nSPS) is 52.6. The van der Waals surface area contributed by atoms with Crippen LogP contribution in [0.2, 0.25) is 0 Å². The lowest BCUT2D eigenvalue weighted by Gasteiger charge is -2.41. The van der Waals surface area contributed by atoms with E-state index < -0.39 is 0 Å². The standard InChI is InChI=1S/2C10H20O/c2*1-6-7(2)9(4)11-10(5)8(6)3/h2*6-10H,1-5H3/t6?,7-,8?,9?,10+;6?,7-,8?,9?,10-/m00/s1. The Morgan fingerprint density at radius 2 is 0.500 bits per heavy atom. The van der Waals surface area contributed by atoms with Crippen LogP contribution in [-0.4, -0.2) is 24.4 Å². The Morgan fingerprint density at radius 3 is 0.682 bits per heavy atom. The molecule has 0 N–H and O–H groups in total. The number of hydrogen-bond donors (Lipinski definition) is 0. The second kappa shape index (κ2) is 8.15. The molecule has 0 spiro atoms. The lowest BCUT2D eigenvalue weighted by molar-refractivity contribution is -0.116. The van der Waals surface area contributed by atoms with Gasteiger partial charge in [-0.2, -0.15) is 0 Å². The van der Waals surface area contributed by atoms with Crippen molar-refractivity contribution in [2.24, 2.45) is 35.5 Å². The van der Waals surface area contributed by atoms with Crippen LogP contribution in [0.4, 0.5) is 0 Å². The molecule has 132 valence electrons. The van der Waals surface area contributed by atoms with E-state index in [0.717, 1.165) is 11.8 Å². The molecule has 0 aromatic rings. The Hall–Kier alpha value is -0.0800. The third-order valence-electron chi connectivity index (χ3n) is 7.14. The first-order chi connectivity index (χ1) is 10.1. The van der Waals surface area contributed by atoms with Crippen LogP contribution in [0.25, 0.3) is 0 Å². The highest BCUT2D eigenvalue weighted by Gasteiger charge is 2.35. The first-order valence-electron chi connectivity index (χ1n) is 9.38. The second-order valence-electron chi connectivity index (χ2n) is 8.25. The molecular formula is C20H40O2. The predicted molar refractivity (Wildman–Crippen MR) is 95.0 cm³/mol. The Balaban J connectivity index is 0.000000220. The van der Waals surface area contributed by atoms with Crippen molar-refractivity contribution in [3.63, 3.8) is 0 Å². The van der Waals surface area contributed by atoms with Crippen molar-refractivity contribution >= 4 is 0 Å². The smallest absolute Gasteiger partial charge is 0.0578 e. The van der Waals surface area contributed by atoms with Crippen molar-refractivity contribution in [1.29, 1.82) is 0 Å². The second-order valence-corrected chi connectivity index (χ2v) is 8.25. The average molecular weight is 313 g/mol. The molecule has 10 atom stereocenters. The summed E-state index contributed by atoms with van der Waals surface area (Å²) in [6, 6.07) is 0. The maximum Gasteiger partial charge on any atom is 0.0578 e. The molecule has 2 saturated heterocycles. The van der Waals surface area contributed by atoms with E-state index in [0.29, 0.717) is 48.1 Å². The van der Waals surface area contributed by atoms with Gasteiger partial charge in [-0.05, 0) is 63.2 Å². The fraction of sp³-hybridized carbons (Fsp3) is 1.00. The van der Waals surface area contributed by atoms with Crippen LogP contribution in [0.3, 0.4) is 0 Å². The molecule has 2 rings (SSSR count). The van der Waals surface area contributed by atoms with E-state index in [1.165, 1.54) is 0 Å². The van der Waals surface area contributed by atoms with Crippen LogP contribution in [0.1, 0.15) is 69.2 Å². The van der Waals surface area contributed by atoms with Gasteiger partial charge < -0.3 is 9.47 Å². The molecule has 0 aromatic heterocycles. The van der Waals surface area contributed by atoms with Crippen LogP contribution >= 0.6 is 0 Å². The van der Waals surface area contributed by atoms with Gasteiger partial charge in [0, 0.05) is 0 Å². The van der Waals surface area contributed by atoms with Crippen molar-refractivity contribution in [2.75, 3.05) is 0 Å². The van der Waals surface area contributed by atoms with Crippen LogP contribution < -0.4 is 0 Å². The van der Waals surface area contributed by atoms with E-state index in [9.17, 15) is 0 Å². The third kappa shape index (κ3) is 4.47. The SMILES string of the molecule is CC1O[C@@H](C)C(C)C(C)[C@@H]1C.CC1O[C@H](C)C(C)C(C)[C@@H]1C. The summed E-state index contributed by atoms with van der Waals surface area (Å²) in [5.41, 5.74) is 0. The van der Waals surface area contributed by atoms with E-state index in [1.807, 2.05) is 0 Å². The largest absolute Gasteiger partial charge is 0.375 e. The molecule has 0 amide bonds. The lowest BCUT2D eigenvalue weighted by atomic mass is 9.77. The fourth-order valence-electron chi connectivity index (χ4n) is 3.84. The summed E-state index contributed by atoms with van der Waals surface area (Å²) in [4.78, 5) is 0. The van der Waals surface area contributed by atoms with E-state index >= 15 is 0 Å². The maximum atomic E-state index is 5.78. The number of rotatable bonds is 0. The topological polar surface area (TPSA) is 18.5 Å². The molecule has 0 radical (unpaired) electrons. The zero-order valence-corrected chi connectivity index (χ0v) is 16.6. The molecule has 2 heterocycles. The van der Waals surface area contributed by atoms with Crippen molar-refractivity contribution in [2.45, 2.75) is 93.7 Å². The average Bonchev–Trinajstić information content (AvgIpc) is 2.47. The minimum Gasteiger partial charge on any atom is -0.375 e. The quantitative estimate of drug-likeness (QED) is 0.596. The molecule has 0 aliphatic carbocycles. The first-order valence-corrected chi connectivity index (χ1v) is 9.38. The third-order valence-corrected chi connectivity index (χ3v) is 7.14. The Morgan fingerprint density at radius 1 is 0.318 bits per heavy atom. The Bertz CT molecular complexity index is 270. The highest BCUT2D eigenvalue weighted by molar-refractivity contribution is 4.82. The highest BCUT2D eigenvalue weighted by atomic mass is 16.5. The highest BCUT2D eigenvalue weighted by Crippen LogP contribution is 2.35. The van der Waals surface area contributed by atoms with Gasteiger partial charge in [-0.1, -0.05) is 41.5 Å². The molecule has 2 heteroatoms. The summed E-state index contributed by atoms with van der Waals surface area (Å²) in [6.45, 7) is 22.6. The van der Waals surface area contributed by atoms with E-state index in [1.54, 1.807) is 0 Å². The van der Waals surface area contributed by atoms with Gasteiger partial charge in [0.2, 0.25) is 0 Å². The number of ether oxygens (including phenoxy) is 2. The summed E-state index contributed by atoms with van der Waals surface area (Å²) in [5.74, 6) is 4.44. The molecule has 0 bridgehead atoms. The molecular weight excluding hydrogens is 272 g/mol. The lowest BCUT2D eigenvalue weighted by Crippen LogP contribution is -2.41. The summed E-state index contributed by atoms with van der Waals surface area (Å²) in [6.07, 6.45) is 1.76. The molecule has 0 saturated carbocycles. The molecule has 2 fully saturated rings. The summed E-state index contributed by atoms with van der Waals surface area (Å²) in [7, 11) is 0. The fourth-order valence-corrected chi connectivity index (χ4v) is 3.84. The van der Waals surface area contributed by atoms with Gasteiger partial charge in [0.1, 0.15) is 0 Å². The van der Waals surface area contributed by atoms with Gasteiger partial charge in [0.05, 0.1) is 24.4 Å². The van der Waals surface area contributed by atoms with E-state index in [-0.39, 0.29) is 0 Å². The van der Waals surface area contributed by atoms with Crippen LogP contribution in [0.5, 0.6) is 0 Å². The van der Waals surface area contributed by atoms with Gasteiger partial charge >= 0.3 is 0 Å². The molecule has 22 heavy (non-hydrogen) atoms. The molecule has 0 aromatic carbocycles.